The van der Waals surface area contributed by atoms with Gasteiger partial charge in [0.05, 0.1) is 13.2 Å². The lowest BCUT2D eigenvalue weighted by Gasteiger charge is -2.21. The van der Waals surface area contributed by atoms with Crippen LogP contribution in [0.5, 0.6) is 0 Å². The van der Waals surface area contributed by atoms with Crippen molar-refractivity contribution in [2.75, 3.05) is 45.3 Å². The van der Waals surface area contributed by atoms with Crippen LogP contribution in [0.1, 0.15) is 31.7 Å². The normalized spacial score (nSPS) is 21.7. The summed E-state index contributed by atoms with van der Waals surface area (Å²) in [6, 6.07) is 7.87. The minimum atomic E-state index is -0.322. The summed E-state index contributed by atoms with van der Waals surface area (Å²) in [5.41, 5.74) is 1.85. The van der Waals surface area contributed by atoms with Crippen molar-refractivity contribution in [3.63, 3.8) is 0 Å². The third-order valence-electron chi connectivity index (χ3n) is 5.15. The van der Waals surface area contributed by atoms with E-state index in [9.17, 15) is 4.79 Å². The number of carbonyl (C=O) groups excluding carboxylic acids is 1. The Morgan fingerprint density at radius 1 is 1.38 bits per heavy atom. The Bertz CT molecular complexity index is 680. The van der Waals surface area contributed by atoms with Crippen LogP contribution in [-0.2, 0) is 20.8 Å². The van der Waals surface area contributed by atoms with Crippen molar-refractivity contribution in [3.05, 3.63) is 29.8 Å². The van der Waals surface area contributed by atoms with Crippen LogP contribution in [0.2, 0.25) is 0 Å². The fourth-order valence-electron chi connectivity index (χ4n) is 3.74. The Morgan fingerprint density at radius 3 is 2.97 bits per heavy atom. The molecule has 2 heterocycles. The number of halogens is 1. The number of anilines is 1. The van der Waals surface area contributed by atoms with Crippen molar-refractivity contribution in [1.29, 1.82) is 0 Å². The minimum absolute atomic E-state index is 0. The standard InChI is InChI=1S/C21H32N4O3.HI/c1-3-22-21(25-10-9-17(14-25)15-27-2)23-13-16-6-4-7-18(12-16)24-20(26)19-8-5-11-28-19;/h4,6-7,12,17,19H,3,5,8-11,13-15H2,1-2H3,(H,22,23)(H,24,26);1H. The van der Waals surface area contributed by atoms with Crippen molar-refractivity contribution in [2.24, 2.45) is 10.9 Å². The number of amides is 1. The topological polar surface area (TPSA) is 75.2 Å². The van der Waals surface area contributed by atoms with Gasteiger partial charge in [-0.3, -0.25) is 4.79 Å². The fourth-order valence-corrected chi connectivity index (χ4v) is 3.74. The van der Waals surface area contributed by atoms with E-state index in [-0.39, 0.29) is 36.0 Å². The molecule has 1 amide bonds. The van der Waals surface area contributed by atoms with E-state index in [1.54, 1.807) is 7.11 Å². The summed E-state index contributed by atoms with van der Waals surface area (Å²) in [6.45, 7) is 6.91. The van der Waals surface area contributed by atoms with Crippen LogP contribution >= 0.6 is 24.0 Å². The summed E-state index contributed by atoms with van der Waals surface area (Å²) in [7, 11) is 1.76. The largest absolute Gasteiger partial charge is 0.384 e. The highest BCUT2D eigenvalue weighted by Gasteiger charge is 2.25. The molecule has 2 aliphatic rings. The molecule has 2 unspecified atom stereocenters. The van der Waals surface area contributed by atoms with Gasteiger partial charge in [-0.15, -0.1) is 24.0 Å². The van der Waals surface area contributed by atoms with Crippen LogP contribution < -0.4 is 10.6 Å². The summed E-state index contributed by atoms with van der Waals surface area (Å²) in [6.07, 6.45) is 2.55. The van der Waals surface area contributed by atoms with Crippen molar-refractivity contribution in [2.45, 2.75) is 38.8 Å². The van der Waals surface area contributed by atoms with Gasteiger partial charge >= 0.3 is 0 Å². The Labute approximate surface area is 190 Å². The van der Waals surface area contributed by atoms with Crippen LogP contribution in [0.3, 0.4) is 0 Å². The quantitative estimate of drug-likeness (QED) is 0.331. The van der Waals surface area contributed by atoms with Gasteiger partial charge in [-0.1, -0.05) is 12.1 Å². The first-order valence-corrected chi connectivity index (χ1v) is 10.2. The molecule has 1 aromatic rings. The molecule has 2 saturated heterocycles. The molecule has 1 aromatic carbocycles. The number of likely N-dealkylation sites (tertiary alicyclic amines) is 1. The molecule has 162 valence electrons. The monoisotopic (exact) mass is 516 g/mol. The van der Waals surface area contributed by atoms with E-state index in [0.29, 0.717) is 19.1 Å². The van der Waals surface area contributed by atoms with E-state index >= 15 is 0 Å². The van der Waals surface area contributed by atoms with E-state index in [0.717, 1.165) is 62.7 Å². The maximum absolute atomic E-state index is 12.2. The molecule has 0 radical (unpaired) electrons. The number of carbonyl (C=O) groups is 1. The molecule has 0 bridgehead atoms. The summed E-state index contributed by atoms with van der Waals surface area (Å²) >= 11 is 0. The number of hydrogen-bond acceptors (Lipinski definition) is 4. The second-order valence-corrected chi connectivity index (χ2v) is 7.42. The average Bonchev–Trinajstić information content (AvgIpc) is 3.38. The Balaban J connectivity index is 0.00000300. The lowest BCUT2D eigenvalue weighted by atomic mass is 10.1. The van der Waals surface area contributed by atoms with Gasteiger partial charge < -0.3 is 25.0 Å². The van der Waals surface area contributed by atoms with Gasteiger partial charge in [0.1, 0.15) is 6.10 Å². The first kappa shape index (κ1) is 23.9. The summed E-state index contributed by atoms with van der Waals surface area (Å²) in [4.78, 5) is 19.4. The van der Waals surface area contributed by atoms with E-state index < -0.39 is 0 Å². The zero-order chi connectivity index (χ0) is 19.8. The Kier molecular flexibility index (Phi) is 10.2. The predicted octanol–water partition coefficient (Wildman–Crippen LogP) is 2.86. The van der Waals surface area contributed by atoms with Crippen LogP contribution in [0.25, 0.3) is 0 Å². The number of methoxy groups -OCH3 is 1. The Morgan fingerprint density at radius 2 is 2.24 bits per heavy atom. The molecule has 7 nitrogen and oxygen atoms in total. The van der Waals surface area contributed by atoms with Gasteiger partial charge in [0.15, 0.2) is 5.96 Å². The molecule has 2 atom stereocenters. The third kappa shape index (κ3) is 7.11. The molecule has 2 N–H and O–H groups in total. The smallest absolute Gasteiger partial charge is 0.253 e. The number of aliphatic imine (C=N–C) groups is 1. The molecule has 8 heteroatoms. The number of guanidine groups is 1. The first-order valence-electron chi connectivity index (χ1n) is 10.2. The van der Waals surface area contributed by atoms with Gasteiger partial charge in [-0.25, -0.2) is 4.99 Å². The SMILES string of the molecule is CCNC(=NCc1cccc(NC(=O)C2CCCO2)c1)N1CCC(COC)C1.I. The number of benzene rings is 1. The van der Waals surface area contributed by atoms with E-state index in [4.69, 9.17) is 14.5 Å². The molecule has 0 aliphatic carbocycles. The first-order chi connectivity index (χ1) is 13.7. The molecule has 29 heavy (non-hydrogen) atoms. The van der Waals surface area contributed by atoms with Crippen LogP contribution in [0, 0.1) is 5.92 Å². The third-order valence-corrected chi connectivity index (χ3v) is 5.15. The van der Waals surface area contributed by atoms with Gasteiger partial charge in [0.2, 0.25) is 0 Å². The van der Waals surface area contributed by atoms with Gasteiger partial charge in [0.25, 0.3) is 5.91 Å². The minimum Gasteiger partial charge on any atom is -0.384 e. The highest BCUT2D eigenvalue weighted by molar-refractivity contribution is 14.0. The number of hydrogen-bond donors (Lipinski definition) is 2. The molecular weight excluding hydrogens is 483 g/mol. The molecule has 2 fully saturated rings. The summed E-state index contributed by atoms with van der Waals surface area (Å²) < 4.78 is 10.7. The summed E-state index contributed by atoms with van der Waals surface area (Å²) in [5, 5.41) is 6.35. The molecule has 0 aromatic heterocycles. The van der Waals surface area contributed by atoms with Gasteiger partial charge in [-0.2, -0.15) is 0 Å². The maximum atomic E-state index is 12.2. The van der Waals surface area contributed by atoms with Crippen LogP contribution in [0.15, 0.2) is 29.3 Å². The molecule has 2 aliphatic heterocycles. The highest BCUT2D eigenvalue weighted by Crippen LogP contribution is 2.18. The maximum Gasteiger partial charge on any atom is 0.253 e. The average molecular weight is 516 g/mol. The van der Waals surface area contributed by atoms with E-state index in [2.05, 4.69) is 22.5 Å². The van der Waals surface area contributed by atoms with Crippen molar-refractivity contribution in [1.82, 2.24) is 10.2 Å². The van der Waals surface area contributed by atoms with E-state index in [1.165, 1.54) is 0 Å². The predicted molar refractivity (Wildman–Crippen MR) is 126 cm³/mol. The zero-order valence-electron chi connectivity index (χ0n) is 17.4. The van der Waals surface area contributed by atoms with E-state index in [1.807, 2.05) is 24.3 Å². The number of ether oxygens (including phenoxy) is 2. The van der Waals surface area contributed by atoms with Crippen LogP contribution in [-0.4, -0.2) is 62.8 Å². The highest BCUT2D eigenvalue weighted by atomic mass is 127. The fraction of sp³-hybridized carbons (Fsp3) is 0.619. The Hall–Kier alpha value is -1.39. The molecule has 3 rings (SSSR count). The second kappa shape index (κ2) is 12.3. The summed E-state index contributed by atoms with van der Waals surface area (Å²) in [5.74, 6) is 1.44. The molecule has 0 saturated carbocycles. The molecule has 0 spiro atoms. The van der Waals surface area contributed by atoms with Gasteiger partial charge in [-0.05, 0) is 43.9 Å². The van der Waals surface area contributed by atoms with Crippen LogP contribution in [0.4, 0.5) is 5.69 Å². The van der Waals surface area contributed by atoms with Crippen molar-refractivity contribution < 1.29 is 14.3 Å². The number of nitrogens with one attached hydrogen (secondary N) is 2. The van der Waals surface area contributed by atoms with Gasteiger partial charge in [0, 0.05) is 45.0 Å². The molecular formula is C21H33IN4O3. The van der Waals surface area contributed by atoms with Crippen molar-refractivity contribution in [3.8, 4) is 0 Å². The number of nitrogens with zero attached hydrogens (tertiary/aromatic N) is 2. The van der Waals surface area contributed by atoms with Crippen molar-refractivity contribution >= 4 is 41.5 Å². The number of rotatable bonds is 7. The second-order valence-electron chi connectivity index (χ2n) is 7.42. The lowest BCUT2D eigenvalue weighted by Crippen LogP contribution is -2.40. The zero-order valence-corrected chi connectivity index (χ0v) is 19.7. The lowest BCUT2D eigenvalue weighted by molar-refractivity contribution is -0.124.